The van der Waals surface area contributed by atoms with Crippen LogP contribution in [0, 0.1) is 5.92 Å². The van der Waals surface area contributed by atoms with Crippen molar-refractivity contribution in [1.82, 2.24) is 5.32 Å². The lowest BCUT2D eigenvalue weighted by atomic mass is 10.1. The molecule has 0 radical (unpaired) electrons. The predicted octanol–water partition coefficient (Wildman–Crippen LogP) is 1.82. The highest BCUT2D eigenvalue weighted by molar-refractivity contribution is 5.85. The summed E-state index contributed by atoms with van der Waals surface area (Å²) in [5, 5.41) is 3.46. The first-order valence-electron chi connectivity index (χ1n) is 3.56. The maximum Gasteiger partial charge on any atom is 0.00675 e. The largest absolute Gasteiger partial charge is 0.314 e. The van der Waals surface area contributed by atoms with Crippen LogP contribution in [-0.2, 0) is 0 Å². The third-order valence-corrected chi connectivity index (χ3v) is 1.93. The summed E-state index contributed by atoms with van der Waals surface area (Å²) in [6.07, 6.45) is 2.68. The summed E-state index contributed by atoms with van der Waals surface area (Å²) in [5.41, 5.74) is 0. The molecule has 0 amide bonds. The van der Waals surface area contributed by atoms with Gasteiger partial charge in [0.25, 0.3) is 0 Å². The van der Waals surface area contributed by atoms with E-state index in [2.05, 4.69) is 19.2 Å². The fourth-order valence-electron chi connectivity index (χ4n) is 1.33. The van der Waals surface area contributed by atoms with Crippen LogP contribution in [0.5, 0.6) is 0 Å². The van der Waals surface area contributed by atoms with Gasteiger partial charge in [-0.1, -0.05) is 13.8 Å². The summed E-state index contributed by atoms with van der Waals surface area (Å²) < 4.78 is 0. The van der Waals surface area contributed by atoms with E-state index in [0.717, 1.165) is 12.0 Å². The number of rotatable bonds is 1. The Hall–Kier alpha value is 0.250. The second kappa shape index (κ2) is 4.13. The Balaban J connectivity index is 0.000000640. The number of hydrogen-bond donors (Lipinski definition) is 1. The third-order valence-electron chi connectivity index (χ3n) is 1.93. The van der Waals surface area contributed by atoms with Crippen LogP contribution < -0.4 is 5.32 Å². The molecule has 0 aromatic heterocycles. The molecule has 1 fully saturated rings. The van der Waals surface area contributed by atoms with Crippen LogP contribution in [0.2, 0.25) is 0 Å². The molecule has 1 heterocycles. The Morgan fingerprint density at radius 1 is 1.56 bits per heavy atom. The SMILES string of the molecule is CCC1CC(C)CN1.Cl. The Morgan fingerprint density at radius 2 is 2.22 bits per heavy atom. The zero-order valence-electron chi connectivity index (χ0n) is 6.18. The summed E-state index contributed by atoms with van der Waals surface area (Å²) in [5.74, 6) is 0.917. The quantitative estimate of drug-likeness (QED) is 0.600. The first-order valence-corrected chi connectivity index (χ1v) is 3.56. The van der Waals surface area contributed by atoms with E-state index in [1.54, 1.807) is 0 Å². The molecule has 0 aliphatic carbocycles. The molecular formula is C7H16ClN. The average Bonchev–Trinajstić information content (AvgIpc) is 2.14. The topological polar surface area (TPSA) is 12.0 Å². The maximum atomic E-state index is 3.46. The molecule has 2 unspecified atom stereocenters. The molecule has 1 nitrogen and oxygen atoms in total. The first-order chi connectivity index (χ1) is 3.83. The minimum Gasteiger partial charge on any atom is -0.314 e. The van der Waals surface area contributed by atoms with Gasteiger partial charge in [-0.05, 0) is 25.3 Å². The molecule has 1 saturated heterocycles. The molecule has 1 aliphatic heterocycles. The van der Waals surface area contributed by atoms with Crippen molar-refractivity contribution in [3.63, 3.8) is 0 Å². The van der Waals surface area contributed by atoms with Gasteiger partial charge in [-0.2, -0.15) is 0 Å². The number of nitrogens with one attached hydrogen (secondary N) is 1. The standard InChI is InChI=1S/C7H15N.ClH/c1-3-7-4-6(2)5-8-7;/h6-8H,3-5H2,1-2H3;1H. The molecule has 2 atom stereocenters. The highest BCUT2D eigenvalue weighted by atomic mass is 35.5. The smallest absolute Gasteiger partial charge is 0.00675 e. The van der Waals surface area contributed by atoms with Gasteiger partial charge in [0.2, 0.25) is 0 Å². The first kappa shape index (κ1) is 9.25. The highest BCUT2D eigenvalue weighted by Crippen LogP contribution is 2.14. The van der Waals surface area contributed by atoms with E-state index in [9.17, 15) is 0 Å². The third kappa shape index (κ3) is 2.55. The number of hydrogen-bond acceptors (Lipinski definition) is 1. The lowest BCUT2D eigenvalue weighted by Gasteiger charge is -2.02. The van der Waals surface area contributed by atoms with Crippen LogP contribution in [0.3, 0.4) is 0 Å². The molecule has 0 aromatic carbocycles. The normalized spacial score (nSPS) is 34.0. The molecule has 1 rings (SSSR count). The molecular weight excluding hydrogens is 134 g/mol. The molecule has 0 bridgehead atoms. The van der Waals surface area contributed by atoms with Crippen molar-refractivity contribution >= 4 is 12.4 Å². The Labute approximate surface area is 63.6 Å². The van der Waals surface area contributed by atoms with Gasteiger partial charge in [0.15, 0.2) is 0 Å². The average molecular weight is 150 g/mol. The van der Waals surface area contributed by atoms with Gasteiger partial charge in [0.1, 0.15) is 0 Å². The second-order valence-electron chi connectivity index (χ2n) is 2.85. The van der Waals surface area contributed by atoms with E-state index < -0.39 is 0 Å². The molecule has 0 aromatic rings. The molecule has 2 heteroatoms. The molecule has 56 valence electrons. The van der Waals surface area contributed by atoms with Crippen LogP contribution in [0.1, 0.15) is 26.7 Å². The van der Waals surface area contributed by atoms with Gasteiger partial charge >= 0.3 is 0 Å². The van der Waals surface area contributed by atoms with E-state index in [1.807, 2.05) is 0 Å². The van der Waals surface area contributed by atoms with Crippen LogP contribution >= 0.6 is 12.4 Å². The van der Waals surface area contributed by atoms with Crippen LogP contribution in [0.4, 0.5) is 0 Å². The lowest BCUT2D eigenvalue weighted by Crippen LogP contribution is -2.19. The molecule has 9 heavy (non-hydrogen) atoms. The van der Waals surface area contributed by atoms with Gasteiger partial charge in [-0.3, -0.25) is 0 Å². The van der Waals surface area contributed by atoms with Gasteiger partial charge in [0.05, 0.1) is 0 Å². The van der Waals surface area contributed by atoms with Gasteiger partial charge in [0, 0.05) is 6.04 Å². The fraction of sp³-hybridized carbons (Fsp3) is 1.00. The lowest BCUT2D eigenvalue weighted by molar-refractivity contribution is 0.568. The van der Waals surface area contributed by atoms with Crippen LogP contribution in [0.15, 0.2) is 0 Å². The van der Waals surface area contributed by atoms with Crippen LogP contribution in [0.25, 0.3) is 0 Å². The van der Waals surface area contributed by atoms with Crippen molar-refractivity contribution in [2.45, 2.75) is 32.7 Å². The minimum absolute atomic E-state index is 0. The summed E-state index contributed by atoms with van der Waals surface area (Å²) in [6.45, 7) is 5.79. The number of halogens is 1. The van der Waals surface area contributed by atoms with E-state index >= 15 is 0 Å². The molecule has 1 aliphatic rings. The summed E-state index contributed by atoms with van der Waals surface area (Å²) in [6, 6.07) is 0.824. The van der Waals surface area contributed by atoms with Gasteiger partial charge < -0.3 is 5.32 Å². The van der Waals surface area contributed by atoms with Crippen molar-refractivity contribution in [3.8, 4) is 0 Å². The Kier molecular flexibility index (Phi) is 4.24. The van der Waals surface area contributed by atoms with Crippen molar-refractivity contribution in [2.75, 3.05) is 6.54 Å². The van der Waals surface area contributed by atoms with E-state index in [0.29, 0.717) is 0 Å². The maximum absolute atomic E-state index is 3.46. The van der Waals surface area contributed by atoms with E-state index in [4.69, 9.17) is 0 Å². The monoisotopic (exact) mass is 149 g/mol. The Bertz CT molecular complexity index is 75.3. The van der Waals surface area contributed by atoms with Crippen molar-refractivity contribution in [1.29, 1.82) is 0 Å². The van der Waals surface area contributed by atoms with Crippen molar-refractivity contribution < 1.29 is 0 Å². The summed E-state index contributed by atoms with van der Waals surface area (Å²) >= 11 is 0. The zero-order valence-corrected chi connectivity index (χ0v) is 7.00. The zero-order chi connectivity index (χ0) is 5.98. The summed E-state index contributed by atoms with van der Waals surface area (Å²) in [7, 11) is 0. The molecule has 0 saturated carbocycles. The predicted molar refractivity (Wildman–Crippen MR) is 43.1 cm³/mol. The Morgan fingerprint density at radius 3 is 2.44 bits per heavy atom. The van der Waals surface area contributed by atoms with E-state index in [-0.39, 0.29) is 12.4 Å². The molecule has 0 spiro atoms. The van der Waals surface area contributed by atoms with Crippen molar-refractivity contribution in [3.05, 3.63) is 0 Å². The van der Waals surface area contributed by atoms with Crippen LogP contribution in [-0.4, -0.2) is 12.6 Å². The molecule has 1 N–H and O–H groups in total. The fourth-order valence-corrected chi connectivity index (χ4v) is 1.33. The highest BCUT2D eigenvalue weighted by Gasteiger charge is 2.17. The minimum atomic E-state index is 0. The van der Waals surface area contributed by atoms with Crippen molar-refractivity contribution in [2.24, 2.45) is 5.92 Å². The van der Waals surface area contributed by atoms with Gasteiger partial charge in [-0.25, -0.2) is 0 Å². The second-order valence-corrected chi connectivity index (χ2v) is 2.85. The summed E-state index contributed by atoms with van der Waals surface area (Å²) in [4.78, 5) is 0. The van der Waals surface area contributed by atoms with Gasteiger partial charge in [-0.15, -0.1) is 12.4 Å². The van der Waals surface area contributed by atoms with E-state index in [1.165, 1.54) is 19.4 Å².